The molecule has 0 unspecified atom stereocenters. The highest BCUT2D eigenvalue weighted by molar-refractivity contribution is 5.86. The number of urea groups is 1. The number of hydrogen-bond donors (Lipinski definition) is 2. The number of carbonyl (C=O) groups excluding carboxylic acids is 2. The minimum absolute atomic E-state index is 0.0266. The summed E-state index contributed by atoms with van der Waals surface area (Å²) in [6, 6.07) is 3.45. The SMILES string of the molecule is C=C(C1=C(N(C)C2CCN(C(=O)COCC3CCN(c4ncc(C(=O)O)cn4)CC3)CC2)CCN(C(=O)NC)C1)N1CCCc2cc(-c3cnn(C)c3)c(C(F)F)cc21. The Balaban J connectivity index is 0.975. The second-order valence-electron chi connectivity index (χ2n) is 15.9. The predicted octanol–water partition coefficient (Wildman–Crippen LogP) is 4.93. The lowest BCUT2D eigenvalue weighted by atomic mass is 9.91. The Morgan fingerprint density at radius 2 is 1.73 bits per heavy atom. The summed E-state index contributed by atoms with van der Waals surface area (Å²) >= 11 is 0. The van der Waals surface area contributed by atoms with E-state index >= 15 is 0 Å². The van der Waals surface area contributed by atoms with Crippen LogP contribution >= 0.6 is 0 Å². The molecule has 15 nitrogen and oxygen atoms in total. The fourth-order valence-corrected chi connectivity index (χ4v) is 8.84. The van der Waals surface area contributed by atoms with Crippen molar-refractivity contribution < 1.29 is 33.0 Å². The standard InChI is InChI=1S/C42H54F2N10O5/c1-27(54-12-5-6-29-18-33(31-22-48-49(3)23-31)34(39(43)44)19-37(29)54)35-24-53(42(58)45-2)17-11-36(35)50(4)32-9-15-51(16-10-32)38(55)26-59-25-28-7-13-52(14-8-28)41-46-20-30(21-47-41)40(56)57/h18-23,28,32,39H,1,5-17,24-26H2,2-4H3,(H,45,58)(H,56,57). The van der Waals surface area contributed by atoms with Crippen LogP contribution in [0.15, 0.2) is 60.5 Å². The number of ether oxygens (including phenoxy) is 1. The van der Waals surface area contributed by atoms with Gasteiger partial charge in [0, 0.05) is 125 Å². The van der Waals surface area contributed by atoms with E-state index in [0.29, 0.717) is 74.4 Å². The molecular formula is C42H54F2N10O5. The first kappa shape index (κ1) is 41.6. The molecule has 0 bridgehead atoms. The number of carbonyl (C=O) groups is 3. The smallest absolute Gasteiger partial charge is 0.338 e. The third kappa shape index (κ3) is 9.19. The second-order valence-corrected chi connectivity index (χ2v) is 15.9. The van der Waals surface area contributed by atoms with Crippen molar-refractivity contribution in [1.29, 1.82) is 0 Å². The highest BCUT2D eigenvalue weighted by Crippen LogP contribution is 2.42. The molecule has 0 radical (unpaired) electrons. The summed E-state index contributed by atoms with van der Waals surface area (Å²) in [5, 5.41) is 16.1. The third-order valence-electron chi connectivity index (χ3n) is 12.3. The fourth-order valence-electron chi connectivity index (χ4n) is 8.84. The number of halogens is 2. The molecule has 17 heteroatoms. The Morgan fingerprint density at radius 3 is 2.37 bits per heavy atom. The zero-order valence-corrected chi connectivity index (χ0v) is 34.1. The van der Waals surface area contributed by atoms with Crippen LogP contribution in [0.1, 0.15) is 66.4 Å². The number of benzene rings is 1. The maximum Gasteiger partial charge on any atom is 0.338 e. The Kier molecular flexibility index (Phi) is 12.8. The van der Waals surface area contributed by atoms with Gasteiger partial charge in [-0.15, -0.1) is 0 Å². The number of carboxylic acid groups (broad SMARTS) is 1. The summed E-state index contributed by atoms with van der Waals surface area (Å²) < 4.78 is 36.8. The molecule has 6 heterocycles. The maximum absolute atomic E-state index is 14.6. The molecular weight excluding hydrogens is 763 g/mol. The molecule has 2 fully saturated rings. The van der Waals surface area contributed by atoms with Crippen LogP contribution in [0.25, 0.3) is 11.1 Å². The number of nitrogens with one attached hydrogen (secondary N) is 1. The number of rotatable bonds is 12. The molecule has 59 heavy (non-hydrogen) atoms. The Bertz CT molecular complexity index is 2060. The number of likely N-dealkylation sites (tertiary alicyclic amines) is 1. The minimum atomic E-state index is -2.68. The zero-order valence-electron chi connectivity index (χ0n) is 34.1. The van der Waals surface area contributed by atoms with E-state index in [1.165, 1.54) is 12.4 Å². The van der Waals surface area contributed by atoms with Crippen LogP contribution in [0.3, 0.4) is 0 Å². The van der Waals surface area contributed by atoms with Gasteiger partial charge in [-0.2, -0.15) is 5.10 Å². The van der Waals surface area contributed by atoms with Crippen LogP contribution in [0.2, 0.25) is 0 Å². The van der Waals surface area contributed by atoms with E-state index in [-0.39, 0.29) is 35.7 Å². The molecule has 0 spiro atoms. The highest BCUT2D eigenvalue weighted by Gasteiger charge is 2.34. The van der Waals surface area contributed by atoms with E-state index in [2.05, 4.69) is 43.8 Å². The average molecular weight is 817 g/mol. The number of fused-ring (bicyclic) bond motifs is 1. The van der Waals surface area contributed by atoms with Gasteiger partial charge in [0.2, 0.25) is 11.9 Å². The lowest BCUT2D eigenvalue weighted by Crippen LogP contribution is -2.49. The molecule has 2 N–H and O–H groups in total. The van der Waals surface area contributed by atoms with E-state index < -0.39 is 12.4 Å². The molecule has 4 aliphatic heterocycles. The molecule has 1 aromatic carbocycles. The first-order valence-electron chi connectivity index (χ1n) is 20.4. The minimum Gasteiger partial charge on any atom is -0.478 e. The Hall–Kier alpha value is -5.58. The van der Waals surface area contributed by atoms with Crippen molar-refractivity contribution in [3.05, 3.63) is 77.2 Å². The number of alkyl halides is 2. The van der Waals surface area contributed by atoms with Crippen molar-refractivity contribution in [2.45, 2.75) is 57.4 Å². The number of anilines is 2. The van der Waals surface area contributed by atoms with Crippen molar-refractivity contribution in [2.24, 2.45) is 13.0 Å². The number of hydrogen-bond acceptors (Lipinski definition) is 10. The van der Waals surface area contributed by atoms with Crippen LogP contribution in [0.4, 0.5) is 25.2 Å². The first-order chi connectivity index (χ1) is 28.4. The molecule has 316 valence electrons. The fraction of sp³-hybridized carbons (Fsp3) is 0.524. The molecule has 0 aliphatic carbocycles. The van der Waals surface area contributed by atoms with E-state index in [4.69, 9.17) is 9.84 Å². The summed E-state index contributed by atoms with van der Waals surface area (Å²) in [6.07, 6.45) is 8.74. The number of aromatic nitrogens is 4. The number of amides is 3. The summed E-state index contributed by atoms with van der Waals surface area (Å²) in [6.45, 7) is 9.20. The number of nitrogens with zero attached hydrogens (tertiary/aromatic N) is 9. The molecule has 7 rings (SSSR count). The number of carboxylic acids is 1. The number of aromatic carboxylic acids is 1. The van der Waals surface area contributed by atoms with E-state index in [1.54, 1.807) is 42.1 Å². The van der Waals surface area contributed by atoms with E-state index in [9.17, 15) is 23.2 Å². The first-order valence-corrected chi connectivity index (χ1v) is 20.4. The van der Waals surface area contributed by atoms with Crippen molar-refractivity contribution in [2.75, 3.05) is 82.9 Å². The van der Waals surface area contributed by atoms with Crippen LogP contribution in [-0.4, -0.2) is 137 Å². The van der Waals surface area contributed by atoms with E-state index in [0.717, 1.165) is 74.1 Å². The van der Waals surface area contributed by atoms with Crippen molar-refractivity contribution in [3.63, 3.8) is 0 Å². The van der Waals surface area contributed by atoms with Gasteiger partial charge < -0.3 is 39.7 Å². The van der Waals surface area contributed by atoms with Crippen LogP contribution in [-0.2, 0) is 23.0 Å². The third-order valence-corrected chi connectivity index (χ3v) is 12.3. The van der Waals surface area contributed by atoms with Crippen molar-refractivity contribution in [1.82, 2.24) is 39.8 Å². The quantitative estimate of drug-likeness (QED) is 0.256. The molecule has 0 saturated carbocycles. The zero-order chi connectivity index (χ0) is 41.8. The van der Waals surface area contributed by atoms with Crippen LogP contribution in [0, 0.1) is 5.92 Å². The summed E-state index contributed by atoms with van der Waals surface area (Å²) in [5.74, 6) is -0.267. The van der Waals surface area contributed by atoms with Gasteiger partial charge in [0.05, 0.1) is 24.9 Å². The average Bonchev–Trinajstić information content (AvgIpc) is 3.70. The Morgan fingerprint density at radius 1 is 1.00 bits per heavy atom. The molecule has 2 aromatic heterocycles. The lowest BCUT2D eigenvalue weighted by molar-refractivity contribution is -0.138. The van der Waals surface area contributed by atoms with Gasteiger partial charge in [-0.1, -0.05) is 6.58 Å². The highest BCUT2D eigenvalue weighted by atomic mass is 19.3. The summed E-state index contributed by atoms with van der Waals surface area (Å²) in [5.41, 5.74) is 5.51. The normalized spacial score (nSPS) is 18.0. The number of piperidine rings is 2. The van der Waals surface area contributed by atoms with Crippen molar-refractivity contribution in [3.8, 4) is 11.1 Å². The number of aryl methyl sites for hydroxylation is 2. The van der Waals surface area contributed by atoms with Gasteiger partial charge in [-0.25, -0.2) is 28.3 Å². The lowest BCUT2D eigenvalue weighted by Gasteiger charge is -2.44. The Labute approximate surface area is 343 Å². The predicted molar refractivity (Wildman–Crippen MR) is 218 cm³/mol. The second kappa shape index (κ2) is 18.1. The topological polar surface area (TPSA) is 152 Å². The van der Waals surface area contributed by atoms with Gasteiger partial charge in [-0.3, -0.25) is 9.48 Å². The maximum atomic E-state index is 14.6. The van der Waals surface area contributed by atoms with E-state index in [1.807, 2.05) is 15.9 Å². The molecule has 3 aromatic rings. The van der Waals surface area contributed by atoms with Gasteiger partial charge in [0.1, 0.15) is 6.61 Å². The van der Waals surface area contributed by atoms with Gasteiger partial charge >= 0.3 is 12.0 Å². The van der Waals surface area contributed by atoms with Crippen molar-refractivity contribution >= 4 is 29.5 Å². The largest absolute Gasteiger partial charge is 0.478 e. The van der Waals surface area contributed by atoms with Gasteiger partial charge in [0.15, 0.2) is 0 Å². The monoisotopic (exact) mass is 816 g/mol. The van der Waals surface area contributed by atoms with Crippen LogP contribution < -0.4 is 15.1 Å². The molecule has 3 amide bonds. The summed E-state index contributed by atoms with van der Waals surface area (Å²) in [7, 11) is 5.46. The molecule has 0 atom stereocenters. The van der Waals surface area contributed by atoms with Crippen LogP contribution in [0.5, 0.6) is 0 Å². The molecule has 4 aliphatic rings. The van der Waals surface area contributed by atoms with Gasteiger partial charge in [0.25, 0.3) is 6.43 Å². The summed E-state index contributed by atoms with van der Waals surface area (Å²) in [4.78, 5) is 55.7. The molecule has 2 saturated heterocycles. The van der Waals surface area contributed by atoms with Gasteiger partial charge in [-0.05, 0) is 67.7 Å².